The summed E-state index contributed by atoms with van der Waals surface area (Å²) in [6.45, 7) is 5.94. The molecule has 5 nitrogen and oxygen atoms in total. The average molecular weight is 276 g/mol. The number of nitrogens with two attached hydrogens (primary N) is 1. The van der Waals surface area contributed by atoms with Crippen LogP contribution in [0.2, 0.25) is 0 Å². The van der Waals surface area contributed by atoms with Crippen LogP contribution >= 0.6 is 11.3 Å². The van der Waals surface area contributed by atoms with Gasteiger partial charge in [-0.1, -0.05) is 31.3 Å². The fraction of sp³-hybridized carbons (Fsp3) is 0.308. The normalized spacial score (nSPS) is 10.7. The Morgan fingerprint density at radius 1 is 1.37 bits per heavy atom. The van der Waals surface area contributed by atoms with Gasteiger partial charge < -0.3 is 5.73 Å². The number of benzene rings is 1. The highest BCUT2D eigenvalue weighted by Crippen LogP contribution is 2.23. The van der Waals surface area contributed by atoms with Crippen molar-refractivity contribution in [2.24, 2.45) is 0 Å². The van der Waals surface area contributed by atoms with Gasteiger partial charge in [0.05, 0.1) is 0 Å². The van der Waals surface area contributed by atoms with Crippen LogP contribution in [0.5, 0.6) is 0 Å². The Morgan fingerprint density at radius 2 is 2.11 bits per heavy atom. The number of carbonyl (C=O) groups is 1. The van der Waals surface area contributed by atoms with Gasteiger partial charge in [0.15, 0.2) is 0 Å². The van der Waals surface area contributed by atoms with Crippen molar-refractivity contribution in [3.63, 3.8) is 0 Å². The molecule has 0 aliphatic heterocycles. The fourth-order valence-corrected chi connectivity index (χ4v) is 2.31. The van der Waals surface area contributed by atoms with E-state index >= 15 is 0 Å². The third-order valence-electron chi connectivity index (χ3n) is 2.66. The molecule has 1 amide bonds. The maximum absolute atomic E-state index is 12.1. The van der Waals surface area contributed by atoms with Gasteiger partial charge >= 0.3 is 0 Å². The van der Waals surface area contributed by atoms with Gasteiger partial charge in [-0.15, -0.1) is 10.2 Å². The SMILES string of the molecule is Cc1ccc(N)cc1C(=O)Nc1nnc(C(C)C)s1. The zero-order valence-electron chi connectivity index (χ0n) is 11.1. The number of aromatic nitrogens is 2. The van der Waals surface area contributed by atoms with E-state index in [-0.39, 0.29) is 5.91 Å². The van der Waals surface area contributed by atoms with E-state index in [9.17, 15) is 4.79 Å². The number of nitrogen functional groups attached to an aromatic ring is 1. The highest BCUT2D eigenvalue weighted by molar-refractivity contribution is 7.15. The number of amides is 1. The van der Waals surface area contributed by atoms with E-state index in [1.54, 1.807) is 12.1 Å². The molecule has 100 valence electrons. The first kappa shape index (κ1) is 13.5. The molecule has 6 heteroatoms. The van der Waals surface area contributed by atoms with Crippen LogP contribution in [0, 0.1) is 6.92 Å². The Kier molecular flexibility index (Phi) is 3.80. The molecular formula is C13H16N4OS. The summed E-state index contributed by atoms with van der Waals surface area (Å²) in [5.74, 6) is 0.0912. The summed E-state index contributed by atoms with van der Waals surface area (Å²) < 4.78 is 0. The number of carbonyl (C=O) groups excluding carboxylic acids is 1. The van der Waals surface area contributed by atoms with E-state index in [1.807, 2.05) is 26.8 Å². The summed E-state index contributed by atoms with van der Waals surface area (Å²) in [5, 5.41) is 12.2. The van der Waals surface area contributed by atoms with Crippen molar-refractivity contribution in [2.45, 2.75) is 26.7 Å². The maximum atomic E-state index is 12.1. The second kappa shape index (κ2) is 5.36. The predicted molar refractivity (Wildman–Crippen MR) is 77.5 cm³/mol. The standard InChI is InChI=1S/C13H16N4OS/c1-7(2)12-16-17-13(19-12)15-11(18)10-6-9(14)5-4-8(10)3/h4-7H,14H2,1-3H3,(H,15,17,18). The van der Waals surface area contributed by atoms with Crippen LogP contribution in [-0.4, -0.2) is 16.1 Å². The second-order valence-electron chi connectivity index (χ2n) is 4.63. The molecule has 2 rings (SSSR count). The number of nitrogens with zero attached hydrogens (tertiary/aromatic N) is 2. The lowest BCUT2D eigenvalue weighted by Crippen LogP contribution is -2.13. The van der Waals surface area contributed by atoms with E-state index < -0.39 is 0 Å². The van der Waals surface area contributed by atoms with Crippen molar-refractivity contribution >= 4 is 28.1 Å². The summed E-state index contributed by atoms with van der Waals surface area (Å²) in [7, 11) is 0. The average Bonchev–Trinajstić information content (AvgIpc) is 2.80. The molecule has 0 spiro atoms. The van der Waals surface area contributed by atoms with E-state index in [0.717, 1.165) is 10.6 Å². The first-order valence-electron chi connectivity index (χ1n) is 5.98. The van der Waals surface area contributed by atoms with Gasteiger partial charge in [0.2, 0.25) is 5.13 Å². The van der Waals surface area contributed by atoms with Crippen LogP contribution in [-0.2, 0) is 0 Å². The quantitative estimate of drug-likeness (QED) is 0.845. The lowest BCUT2D eigenvalue weighted by molar-refractivity contribution is 0.102. The molecule has 2 aromatic rings. The minimum absolute atomic E-state index is 0.212. The molecule has 1 aromatic carbocycles. The Balaban J connectivity index is 2.18. The molecule has 1 aromatic heterocycles. The van der Waals surface area contributed by atoms with Crippen molar-refractivity contribution in [2.75, 3.05) is 11.1 Å². The first-order valence-corrected chi connectivity index (χ1v) is 6.80. The second-order valence-corrected chi connectivity index (χ2v) is 5.64. The fourth-order valence-electron chi connectivity index (χ4n) is 1.57. The third kappa shape index (κ3) is 3.08. The minimum atomic E-state index is -0.212. The van der Waals surface area contributed by atoms with Gasteiger partial charge in [0, 0.05) is 17.2 Å². The van der Waals surface area contributed by atoms with Crippen LogP contribution in [0.15, 0.2) is 18.2 Å². The van der Waals surface area contributed by atoms with Crippen molar-refractivity contribution in [1.82, 2.24) is 10.2 Å². The lowest BCUT2D eigenvalue weighted by Gasteiger charge is -2.05. The first-order chi connectivity index (χ1) is 8.97. The predicted octanol–water partition coefficient (Wildman–Crippen LogP) is 2.80. The number of aryl methyl sites for hydroxylation is 1. The zero-order valence-corrected chi connectivity index (χ0v) is 11.9. The molecule has 0 fully saturated rings. The van der Waals surface area contributed by atoms with Crippen molar-refractivity contribution in [3.8, 4) is 0 Å². The Hall–Kier alpha value is -1.95. The number of hydrogen-bond acceptors (Lipinski definition) is 5. The Labute approximate surface area is 115 Å². The van der Waals surface area contributed by atoms with Crippen molar-refractivity contribution < 1.29 is 4.79 Å². The van der Waals surface area contributed by atoms with E-state index in [4.69, 9.17) is 5.73 Å². The van der Waals surface area contributed by atoms with Gasteiger partial charge in [-0.2, -0.15) is 0 Å². The summed E-state index contributed by atoms with van der Waals surface area (Å²) in [6.07, 6.45) is 0. The van der Waals surface area contributed by atoms with Crippen molar-refractivity contribution in [3.05, 3.63) is 34.3 Å². The van der Waals surface area contributed by atoms with Gasteiger partial charge in [-0.05, 0) is 24.6 Å². The summed E-state index contributed by atoms with van der Waals surface area (Å²) >= 11 is 1.39. The number of nitrogens with one attached hydrogen (secondary N) is 1. The van der Waals surface area contributed by atoms with E-state index in [1.165, 1.54) is 11.3 Å². The molecule has 0 bridgehead atoms. The molecule has 0 atom stereocenters. The van der Waals surface area contributed by atoms with Crippen LogP contribution in [0.1, 0.15) is 40.7 Å². The smallest absolute Gasteiger partial charge is 0.257 e. The van der Waals surface area contributed by atoms with Crippen LogP contribution in [0.25, 0.3) is 0 Å². The van der Waals surface area contributed by atoms with E-state index in [2.05, 4.69) is 15.5 Å². The number of hydrogen-bond donors (Lipinski definition) is 2. The monoisotopic (exact) mass is 276 g/mol. The molecule has 0 radical (unpaired) electrons. The summed E-state index contributed by atoms with van der Waals surface area (Å²) in [5.41, 5.74) is 7.69. The topological polar surface area (TPSA) is 80.9 Å². The van der Waals surface area contributed by atoms with Gasteiger partial charge in [-0.3, -0.25) is 10.1 Å². The Morgan fingerprint density at radius 3 is 2.74 bits per heavy atom. The molecule has 3 N–H and O–H groups in total. The minimum Gasteiger partial charge on any atom is -0.399 e. The molecule has 1 heterocycles. The molecule has 0 aliphatic carbocycles. The van der Waals surface area contributed by atoms with Gasteiger partial charge in [0.25, 0.3) is 5.91 Å². The summed E-state index contributed by atoms with van der Waals surface area (Å²) in [4.78, 5) is 12.1. The van der Waals surface area contributed by atoms with Crippen molar-refractivity contribution in [1.29, 1.82) is 0 Å². The highest BCUT2D eigenvalue weighted by atomic mass is 32.1. The van der Waals surface area contributed by atoms with Crippen LogP contribution in [0.4, 0.5) is 10.8 Å². The maximum Gasteiger partial charge on any atom is 0.257 e. The molecular weight excluding hydrogens is 260 g/mol. The highest BCUT2D eigenvalue weighted by Gasteiger charge is 2.13. The molecule has 0 saturated heterocycles. The largest absolute Gasteiger partial charge is 0.399 e. The molecule has 0 saturated carbocycles. The molecule has 0 aliphatic rings. The zero-order chi connectivity index (χ0) is 14.0. The molecule has 0 unspecified atom stereocenters. The third-order valence-corrected chi connectivity index (χ3v) is 3.80. The number of rotatable bonds is 3. The number of anilines is 2. The summed E-state index contributed by atoms with van der Waals surface area (Å²) in [6, 6.07) is 5.26. The van der Waals surface area contributed by atoms with Crippen LogP contribution in [0.3, 0.4) is 0 Å². The van der Waals surface area contributed by atoms with Gasteiger partial charge in [-0.25, -0.2) is 0 Å². The Bertz CT molecular complexity index is 606. The molecule has 19 heavy (non-hydrogen) atoms. The van der Waals surface area contributed by atoms with E-state index in [0.29, 0.717) is 22.3 Å². The van der Waals surface area contributed by atoms with Crippen LogP contribution < -0.4 is 11.1 Å². The van der Waals surface area contributed by atoms with Gasteiger partial charge in [0.1, 0.15) is 5.01 Å². The lowest BCUT2D eigenvalue weighted by atomic mass is 10.1.